The largest absolute Gasteiger partial charge is 0.198 e. The lowest BCUT2D eigenvalue weighted by atomic mass is 9.74. The Kier molecular flexibility index (Phi) is 1.20. The molecule has 1 nitrogen and oxygen atoms in total. The molecule has 1 heteroatoms. The van der Waals surface area contributed by atoms with Gasteiger partial charge in [-0.05, 0) is 55.8 Å². The molecule has 0 aromatic heterocycles. The molecule has 0 amide bonds. The number of hydrogen-bond acceptors (Lipinski definition) is 1. The van der Waals surface area contributed by atoms with Crippen LogP contribution in [0.1, 0.15) is 32.1 Å². The molecule has 0 heterocycles. The van der Waals surface area contributed by atoms with Crippen molar-refractivity contribution >= 4 is 0 Å². The van der Waals surface area contributed by atoms with Crippen molar-refractivity contribution < 1.29 is 0 Å². The number of nitrogens with zero attached hydrogens (tertiary/aromatic N) is 1. The predicted molar refractivity (Wildman–Crippen MR) is 53.2 cm³/mol. The molecule has 3 saturated carbocycles. The van der Waals surface area contributed by atoms with E-state index in [9.17, 15) is 0 Å². The van der Waals surface area contributed by atoms with Gasteiger partial charge in [0.15, 0.2) is 0 Å². The van der Waals surface area contributed by atoms with Crippen molar-refractivity contribution in [2.24, 2.45) is 29.6 Å². The summed E-state index contributed by atoms with van der Waals surface area (Å²) >= 11 is 0. The average Bonchev–Trinajstić information content (AvgIpc) is 2.94. The Labute approximate surface area is 84.8 Å². The topological polar surface area (TPSA) is 23.8 Å². The van der Waals surface area contributed by atoms with Gasteiger partial charge < -0.3 is 0 Å². The van der Waals surface area contributed by atoms with Crippen molar-refractivity contribution in [3.05, 3.63) is 11.1 Å². The first-order valence-electron chi connectivity index (χ1n) is 6.01. The third kappa shape index (κ3) is 0.659. The Morgan fingerprint density at radius 3 is 2.93 bits per heavy atom. The smallest absolute Gasteiger partial charge is 0.0700 e. The van der Waals surface area contributed by atoms with Gasteiger partial charge in [-0.15, -0.1) is 0 Å². The third-order valence-corrected chi connectivity index (χ3v) is 5.26. The molecule has 0 N–H and O–H groups in total. The molecule has 4 aliphatic rings. The van der Waals surface area contributed by atoms with Gasteiger partial charge >= 0.3 is 0 Å². The first-order valence-corrected chi connectivity index (χ1v) is 6.01. The quantitative estimate of drug-likeness (QED) is 0.532. The predicted octanol–water partition coefficient (Wildman–Crippen LogP) is 2.89. The molecule has 5 atom stereocenters. The Morgan fingerprint density at radius 2 is 2.07 bits per heavy atom. The lowest BCUT2D eigenvalue weighted by Crippen LogP contribution is -2.21. The van der Waals surface area contributed by atoms with Gasteiger partial charge in [-0.25, -0.2) is 0 Å². The van der Waals surface area contributed by atoms with Crippen LogP contribution in [0.2, 0.25) is 0 Å². The highest BCUT2D eigenvalue weighted by molar-refractivity contribution is 5.40. The van der Waals surface area contributed by atoms with Gasteiger partial charge in [0.05, 0.1) is 12.0 Å². The molecule has 0 saturated heterocycles. The average molecular weight is 185 g/mol. The molecular formula is C13H15N. The molecule has 14 heavy (non-hydrogen) atoms. The molecule has 0 aliphatic heterocycles. The van der Waals surface area contributed by atoms with E-state index in [-0.39, 0.29) is 0 Å². The second-order valence-corrected chi connectivity index (χ2v) is 5.66. The van der Waals surface area contributed by atoms with Crippen LogP contribution in [0.25, 0.3) is 0 Å². The second kappa shape index (κ2) is 2.24. The highest BCUT2D eigenvalue weighted by atomic mass is 14.6. The fourth-order valence-electron chi connectivity index (χ4n) is 4.94. The molecule has 72 valence electrons. The number of fused-ring (bicyclic) bond motifs is 8. The molecule has 3 fully saturated rings. The summed E-state index contributed by atoms with van der Waals surface area (Å²) in [7, 11) is 0. The normalized spacial score (nSPS) is 52.6. The van der Waals surface area contributed by atoms with Crippen LogP contribution in [-0.2, 0) is 0 Å². The van der Waals surface area contributed by atoms with Crippen LogP contribution in [0.3, 0.4) is 0 Å². The Bertz CT molecular complexity index is 373. The van der Waals surface area contributed by atoms with E-state index in [4.69, 9.17) is 5.26 Å². The summed E-state index contributed by atoms with van der Waals surface area (Å²) in [4.78, 5) is 0. The van der Waals surface area contributed by atoms with E-state index in [0.29, 0.717) is 5.92 Å². The highest BCUT2D eigenvalue weighted by Gasteiger charge is 2.55. The molecule has 0 radical (unpaired) electrons. The summed E-state index contributed by atoms with van der Waals surface area (Å²) < 4.78 is 0. The number of rotatable bonds is 0. The second-order valence-electron chi connectivity index (χ2n) is 5.66. The molecule has 4 aliphatic carbocycles. The number of hydrogen-bond donors (Lipinski definition) is 0. The van der Waals surface area contributed by atoms with E-state index >= 15 is 0 Å². The van der Waals surface area contributed by atoms with Gasteiger partial charge in [0.1, 0.15) is 0 Å². The van der Waals surface area contributed by atoms with Crippen molar-refractivity contribution in [3.63, 3.8) is 0 Å². The van der Waals surface area contributed by atoms with Crippen LogP contribution in [0.4, 0.5) is 0 Å². The molecule has 5 unspecified atom stereocenters. The third-order valence-electron chi connectivity index (χ3n) is 5.26. The van der Waals surface area contributed by atoms with Crippen molar-refractivity contribution in [1.82, 2.24) is 0 Å². The van der Waals surface area contributed by atoms with Gasteiger partial charge in [0.2, 0.25) is 0 Å². The van der Waals surface area contributed by atoms with Crippen LogP contribution in [0.5, 0.6) is 0 Å². The van der Waals surface area contributed by atoms with Crippen molar-refractivity contribution in [3.8, 4) is 6.07 Å². The van der Waals surface area contributed by atoms with E-state index in [1.807, 2.05) is 0 Å². The first-order chi connectivity index (χ1) is 6.88. The fourth-order valence-corrected chi connectivity index (χ4v) is 4.94. The van der Waals surface area contributed by atoms with Gasteiger partial charge in [-0.1, -0.05) is 11.1 Å². The van der Waals surface area contributed by atoms with Gasteiger partial charge in [-0.3, -0.25) is 0 Å². The van der Waals surface area contributed by atoms with E-state index in [1.54, 1.807) is 11.1 Å². The molecule has 0 spiro atoms. The van der Waals surface area contributed by atoms with Crippen LogP contribution in [-0.4, -0.2) is 0 Å². The summed E-state index contributed by atoms with van der Waals surface area (Å²) in [5.41, 5.74) is 3.40. The Balaban J connectivity index is 1.86. The fraction of sp³-hybridized carbons (Fsp3) is 0.769. The van der Waals surface area contributed by atoms with Gasteiger partial charge in [0.25, 0.3) is 0 Å². The van der Waals surface area contributed by atoms with Crippen molar-refractivity contribution in [1.29, 1.82) is 5.26 Å². The van der Waals surface area contributed by atoms with Crippen LogP contribution in [0.15, 0.2) is 11.1 Å². The minimum absolute atomic E-state index is 0.325. The van der Waals surface area contributed by atoms with Crippen LogP contribution >= 0.6 is 0 Å². The molecule has 4 rings (SSSR count). The van der Waals surface area contributed by atoms with Crippen LogP contribution < -0.4 is 0 Å². The maximum atomic E-state index is 9.09. The monoisotopic (exact) mass is 185 g/mol. The van der Waals surface area contributed by atoms with E-state index < -0.39 is 0 Å². The minimum Gasteiger partial charge on any atom is -0.198 e. The summed E-state index contributed by atoms with van der Waals surface area (Å²) in [6.07, 6.45) is 6.89. The molecule has 0 aromatic carbocycles. The molecule has 4 bridgehead atoms. The zero-order chi connectivity index (χ0) is 9.28. The van der Waals surface area contributed by atoms with E-state index in [0.717, 1.165) is 23.7 Å². The summed E-state index contributed by atoms with van der Waals surface area (Å²) in [6, 6.07) is 2.51. The van der Waals surface area contributed by atoms with Crippen molar-refractivity contribution in [2.75, 3.05) is 0 Å². The summed E-state index contributed by atoms with van der Waals surface area (Å²) in [5, 5.41) is 9.09. The maximum absolute atomic E-state index is 9.09. The van der Waals surface area contributed by atoms with Gasteiger partial charge in [-0.2, -0.15) is 5.26 Å². The standard InChI is InChI=1S/C13H15N/c14-6-10-4-9-5-11(10)13-8-2-1-7(3-8)12(9)13/h7-10,12H,1-5H2. The first kappa shape index (κ1) is 7.51. The lowest BCUT2D eigenvalue weighted by molar-refractivity contribution is 0.289. The highest BCUT2D eigenvalue weighted by Crippen LogP contribution is 2.65. The number of allylic oxidation sites excluding steroid dienone is 2. The SMILES string of the molecule is N#CC1CC2CC1=C1C3CCC(C3)C12. The van der Waals surface area contributed by atoms with Gasteiger partial charge in [0, 0.05) is 0 Å². The zero-order valence-electron chi connectivity index (χ0n) is 8.37. The Hall–Kier alpha value is -0.770. The van der Waals surface area contributed by atoms with Crippen molar-refractivity contribution in [2.45, 2.75) is 32.1 Å². The minimum atomic E-state index is 0.325. The summed E-state index contributed by atoms with van der Waals surface area (Å²) in [6.45, 7) is 0. The molecule has 0 aromatic rings. The van der Waals surface area contributed by atoms with Crippen LogP contribution in [0, 0.1) is 40.9 Å². The zero-order valence-corrected chi connectivity index (χ0v) is 8.37. The number of nitriles is 1. The molecular weight excluding hydrogens is 170 g/mol. The van der Waals surface area contributed by atoms with E-state index in [1.165, 1.54) is 32.1 Å². The maximum Gasteiger partial charge on any atom is 0.0700 e. The lowest BCUT2D eigenvalue weighted by Gasteiger charge is -2.29. The van der Waals surface area contributed by atoms with E-state index in [2.05, 4.69) is 6.07 Å². The summed E-state index contributed by atoms with van der Waals surface area (Å²) in [5.74, 6) is 4.11. The Morgan fingerprint density at radius 1 is 1.14 bits per heavy atom.